The van der Waals surface area contributed by atoms with Gasteiger partial charge in [0.05, 0.1) is 11.1 Å². The van der Waals surface area contributed by atoms with Crippen molar-refractivity contribution >= 4 is 17.1 Å². The van der Waals surface area contributed by atoms with Gasteiger partial charge in [-0.25, -0.2) is 0 Å². The molecule has 262 valence electrons. The number of nitrogens with zero attached hydrogens (tertiary/aromatic N) is 1. The van der Waals surface area contributed by atoms with Crippen LogP contribution in [0.5, 0.6) is 0 Å². The van der Waals surface area contributed by atoms with Gasteiger partial charge in [-0.1, -0.05) is 194 Å². The fourth-order valence-corrected chi connectivity index (χ4v) is 9.57. The Morgan fingerprint density at radius 1 is 0.250 bits per heavy atom. The first-order chi connectivity index (χ1) is 27.8. The molecule has 0 aliphatic heterocycles. The van der Waals surface area contributed by atoms with Crippen LogP contribution in [0.2, 0.25) is 0 Å². The van der Waals surface area contributed by atoms with Crippen molar-refractivity contribution in [1.29, 1.82) is 0 Å². The largest absolute Gasteiger partial charge is 0.310 e. The van der Waals surface area contributed by atoms with Gasteiger partial charge in [0.1, 0.15) is 0 Å². The third kappa shape index (κ3) is 4.81. The first-order valence-electron chi connectivity index (χ1n) is 19.4. The highest BCUT2D eigenvalue weighted by molar-refractivity contribution is 6.01. The third-order valence-electron chi connectivity index (χ3n) is 11.9. The van der Waals surface area contributed by atoms with Gasteiger partial charge in [-0.05, 0) is 103 Å². The molecule has 11 rings (SSSR count). The first-order valence-corrected chi connectivity index (χ1v) is 19.4. The Kier molecular flexibility index (Phi) is 7.47. The summed E-state index contributed by atoms with van der Waals surface area (Å²) >= 11 is 0. The van der Waals surface area contributed by atoms with E-state index in [1.165, 1.54) is 77.9 Å². The molecule has 0 bridgehead atoms. The fraction of sp³-hybridized carbons (Fsp3) is 0.0182. The lowest BCUT2D eigenvalue weighted by Crippen LogP contribution is -2.26. The molecule has 2 aliphatic rings. The van der Waals surface area contributed by atoms with Gasteiger partial charge in [-0.2, -0.15) is 0 Å². The third-order valence-corrected chi connectivity index (χ3v) is 11.9. The monoisotopic (exact) mass is 711 g/mol. The Labute approximate surface area is 328 Å². The molecule has 0 heterocycles. The van der Waals surface area contributed by atoms with Crippen LogP contribution in [0.3, 0.4) is 0 Å². The highest BCUT2D eigenvalue weighted by atomic mass is 15.1. The van der Waals surface area contributed by atoms with E-state index in [4.69, 9.17) is 0 Å². The lowest BCUT2D eigenvalue weighted by atomic mass is 9.68. The SMILES string of the molecule is c1ccc(-c2ccc(N(c3ccc(-c4ccccc4)cc3)c3ccccc3-c3cccc4c3C3(c5ccccc5-c5ccccc53)c3ccccc3-4)cc2)cc1. The van der Waals surface area contributed by atoms with E-state index in [0.29, 0.717) is 0 Å². The van der Waals surface area contributed by atoms with Crippen molar-refractivity contribution in [1.82, 2.24) is 0 Å². The van der Waals surface area contributed by atoms with Crippen LogP contribution in [0.25, 0.3) is 55.6 Å². The maximum atomic E-state index is 2.43. The summed E-state index contributed by atoms with van der Waals surface area (Å²) in [5, 5.41) is 0. The molecule has 0 radical (unpaired) electrons. The topological polar surface area (TPSA) is 3.24 Å². The van der Waals surface area contributed by atoms with Crippen LogP contribution < -0.4 is 4.90 Å². The van der Waals surface area contributed by atoms with E-state index in [1.54, 1.807) is 0 Å². The molecule has 9 aromatic carbocycles. The molecule has 0 aromatic heterocycles. The summed E-state index contributed by atoms with van der Waals surface area (Å²) in [6, 6.07) is 82.4. The molecule has 0 fully saturated rings. The molecule has 0 amide bonds. The van der Waals surface area contributed by atoms with E-state index in [9.17, 15) is 0 Å². The predicted octanol–water partition coefficient (Wildman–Crippen LogP) is 14.5. The zero-order valence-corrected chi connectivity index (χ0v) is 30.8. The quantitative estimate of drug-likeness (QED) is 0.166. The molecule has 56 heavy (non-hydrogen) atoms. The van der Waals surface area contributed by atoms with E-state index in [0.717, 1.165) is 17.1 Å². The summed E-state index contributed by atoms with van der Waals surface area (Å²) in [7, 11) is 0. The fourth-order valence-electron chi connectivity index (χ4n) is 9.57. The maximum absolute atomic E-state index is 2.43. The zero-order valence-electron chi connectivity index (χ0n) is 30.8. The second kappa shape index (κ2) is 13.0. The first kappa shape index (κ1) is 32.2. The average molecular weight is 712 g/mol. The lowest BCUT2D eigenvalue weighted by Gasteiger charge is -2.33. The summed E-state index contributed by atoms with van der Waals surface area (Å²) in [5.74, 6) is 0. The molecule has 1 heteroatoms. The Morgan fingerprint density at radius 3 is 1.07 bits per heavy atom. The van der Waals surface area contributed by atoms with Crippen molar-refractivity contribution in [2.45, 2.75) is 5.41 Å². The molecule has 0 atom stereocenters. The standard InChI is InChI=1S/C55H37N/c1-3-16-38(17-4-1)40-30-34-42(35-31-40)56(43-36-32-41(33-37-43)39-18-5-2-6-19-39)53-29-14-10-23-47(53)49-25-15-24-48-46-22-9-13-28-52(46)55(54(48)49)50-26-11-7-20-44(50)45-21-8-12-27-51(45)55/h1-37H. The van der Waals surface area contributed by atoms with Gasteiger partial charge in [0.2, 0.25) is 0 Å². The minimum atomic E-state index is -0.456. The minimum Gasteiger partial charge on any atom is -0.310 e. The summed E-state index contributed by atoms with van der Waals surface area (Å²) in [6.07, 6.45) is 0. The molecule has 2 aliphatic carbocycles. The molecule has 9 aromatic rings. The summed E-state index contributed by atoms with van der Waals surface area (Å²) in [5.41, 5.74) is 20.8. The smallest absolute Gasteiger partial charge is 0.0731 e. The van der Waals surface area contributed by atoms with Gasteiger partial charge in [-0.3, -0.25) is 0 Å². The molecule has 0 N–H and O–H groups in total. The molecule has 0 saturated carbocycles. The molecular weight excluding hydrogens is 675 g/mol. The van der Waals surface area contributed by atoms with Gasteiger partial charge in [-0.15, -0.1) is 0 Å². The Bertz CT molecular complexity index is 2740. The zero-order chi connectivity index (χ0) is 37.1. The van der Waals surface area contributed by atoms with E-state index in [1.807, 2.05) is 0 Å². The van der Waals surface area contributed by atoms with Gasteiger partial charge >= 0.3 is 0 Å². The highest BCUT2D eigenvalue weighted by Crippen LogP contribution is 2.64. The van der Waals surface area contributed by atoms with Crippen LogP contribution in [-0.4, -0.2) is 0 Å². The Hall–Kier alpha value is -7.22. The van der Waals surface area contributed by atoms with E-state index < -0.39 is 5.41 Å². The average Bonchev–Trinajstić information content (AvgIpc) is 3.75. The number of fused-ring (bicyclic) bond motifs is 10. The molecule has 0 unspecified atom stereocenters. The van der Waals surface area contributed by atoms with Gasteiger partial charge in [0, 0.05) is 16.9 Å². The van der Waals surface area contributed by atoms with Crippen LogP contribution in [0, 0.1) is 0 Å². The number of hydrogen-bond acceptors (Lipinski definition) is 1. The van der Waals surface area contributed by atoms with Crippen LogP contribution in [0.15, 0.2) is 224 Å². The van der Waals surface area contributed by atoms with E-state index >= 15 is 0 Å². The predicted molar refractivity (Wildman–Crippen MR) is 234 cm³/mol. The van der Waals surface area contributed by atoms with Crippen molar-refractivity contribution in [3.63, 3.8) is 0 Å². The Morgan fingerprint density at radius 2 is 0.589 bits per heavy atom. The molecule has 1 spiro atoms. The molecule has 0 saturated heterocycles. The number of benzene rings is 9. The van der Waals surface area contributed by atoms with Crippen molar-refractivity contribution < 1.29 is 0 Å². The molecular formula is C55H37N. The number of rotatable bonds is 6. The number of anilines is 3. The van der Waals surface area contributed by atoms with Gasteiger partial charge < -0.3 is 4.90 Å². The van der Waals surface area contributed by atoms with Crippen molar-refractivity contribution in [2.24, 2.45) is 0 Å². The van der Waals surface area contributed by atoms with Crippen LogP contribution >= 0.6 is 0 Å². The lowest BCUT2D eigenvalue weighted by molar-refractivity contribution is 0.796. The van der Waals surface area contributed by atoms with Crippen LogP contribution in [-0.2, 0) is 5.41 Å². The maximum Gasteiger partial charge on any atom is 0.0731 e. The normalized spacial score (nSPS) is 12.8. The van der Waals surface area contributed by atoms with Crippen molar-refractivity contribution in [3.8, 4) is 55.6 Å². The summed E-state index contributed by atoms with van der Waals surface area (Å²) < 4.78 is 0. The number of para-hydroxylation sites is 1. The summed E-state index contributed by atoms with van der Waals surface area (Å²) in [4.78, 5) is 2.43. The van der Waals surface area contributed by atoms with Crippen molar-refractivity contribution in [2.75, 3.05) is 4.90 Å². The minimum absolute atomic E-state index is 0.456. The summed E-state index contributed by atoms with van der Waals surface area (Å²) in [6.45, 7) is 0. The second-order valence-electron chi connectivity index (χ2n) is 14.8. The Balaban J connectivity index is 1.15. The van der Waals surface area contributed by atoms with Crippen LogP contribution in [0.1, 0.15) is 22.3 Å². The number of hydrogen-bond donors (Lipinski definition) is 0. The second-order valence-corrected chi connectivity index (χ2v) is 14.8. The van der Waals surface area contributed by atoms with Crippen molar-refractivity contribution in [3.05, 3.63) is 247 Å². The van der Waals surface area contributed by atoms with Gasteiger partial charge in [0.15, 0.2) is 0 Å². The van der Waals surface area contributed by atoms with Gasteiger partial charge in [0.25, 0.3) is 0 Å². The highest BCUT2D eigenvalue weighted by Gasteiger charge is 2.52. The van der Waals surface area contributed by atoms with E-state index in [2.05, 4.69) is 229 Å². The molecule has 1 nitrogen and oxygen atoms in total. The van der Waals surface area contributed by atoms with Crippen LogP contribution in [0.4, 0.5) is 17.1 Å². The van der Waals surface area contributed by atoms with E-state index in [-0.39, 0.29) is 0 Å².